The highest BCUT2D eigenvalue weighted by molar-refractivity contribution is 5.99. The van der Waals surface area contributed by atoms with Crippen molar-refractivity contribution in [1.82, 2.24) is 10.2 Å². The minimum Gasteiger partial charge on any atom is -0.482 e. The van der Waals surface area contributed by atoms with Gasteiger partial charge in [0.2, 0.25) is 0 Å². The average molecular weight is 374 g/mol. The normalized spacial score (nSPS) is 24.6. The van der Waals surface area contributed by atoms with Gasteiger partial charge in [-0.15, -0.1) is 0 Å². The van der Waals surface area contributed by atoms with Crippen LogP contribution in [0.1, 0.15) is 19.3 Å². The standard InChI is InChI=1S/C18H22N4O5/c1-21-13-9-12(3-4-14(13)26-10-15(21)23)20-16(24)22-7-2-5-18(6-8-22)11-19-17(25)27-18/h3-4,9H,2,5-8,10-11H2,1H3,(H,19,25)(H,20,24). The van der Waals surface area contributed by atoms with Gasteiger partial charge in [-0.25, -0.2) is 9.59 Å². The summed E-state index contributed by atoms with van der Waals surface area (Å²) in [5, 5.41) is 5.59. The number of carbonyl (C=O) groups excluding carboxylic acids is 3. The molecule has 3 aliphatic heterocycles. The van der Waals surface area contributed by atoms with E-state index in [1.165, 1.54) is 4.90 Å². The van der Waals surface area contributed by atoms with E-state index < -0.39 is 5.60 Å². The monoisotopic (exact) mass is 374 g/mol. The Morgan fingerprint density at radius 3 is 2.89 bits per heavy atom. The van der Waals surface area contributed by atoms with Crippen LogP contribution in [0, 0.1) is 0 Å². The van der Waals surface area contributed by atoms with Crippen molar-refractivity contribution in [2.24, 2.45) is 0 Å². The molecule has 2 saturated heterocycles. The molecule has 4 rings (SSSR count). The third kappa shape index (κ3) is 3.36. The lowest BCUT2D eigenvalue weighted by Gasteiger charge is -2.27. The van der Waals surface area contributed by atoms with E-state index in [1.807, 2.05) is 0 Å². The number of likely N-dealkylation sites (N-methyl/N-ethyl adjacent to an activating group) is 1. The second kappa shape index (κ2) is 6.64. The molecule has 27 heavy (non-hydrogen) atoms. The molecular formula is C18H22N4O5. The molecule has 144 valence electrons. The second-order valence-electron chi connectivity index (χ2n) is 7.12. The number of nitrogens with one attached hydrogen (secondary N) is 2. The molecule has 1 spiro atoms. The average Bonchev–Trinajstić information content (AvgIpc) is 2.89. The van der Waals surface area contributed by atoms with Crippen molar-refractivity contribution in [2.45, 2.75) is 24.9 Å². The van der Waals surface area contributed by atoms with E-state index in [-0.39, 0.29) is 24.6 Å². The molecule has 0 aliphatic carbocycles. The van der Waals surface area contributed by atoms with Gasteiger partial charge in [-0.3, -0.25) is 4.79 Å². The number of anilines is 2. The van der Waals surface area contributed by atoms with Crippen molar-refractivity contribution in [2.75, 3.05) is 43.5 Å². The number of hydrogen-bond acceptors (Lipinski definition) is 5. The summed E-state index contributed by atoms with van der Waals surface area (Å²) in [5.74, 6) is 0.478. The zero-order valence-electron chi connectivity index (χ0n) is 15.1. The fourth-order valence-electron chi connectivity index (χ4n) is 3.70. The number of benzene rings is 1. The number of urea groups is 1. The van der Waals surface area contributed by atoms with Crippen LogP contribution in [0.3, 0.4) is 0 Å². The summed E-state index contributed by atoms with van der Waals surface area (Å²) in [6.07, 6.45) is 1.72. The first-order chi connectivity index (χ1) is 13.0. The summed E-state index contributed by atoms with van der Waals surface area (Å²) >= 11 is 0. The predicted octanol–water partition coefficient (Wildman–Crippen LogP) is 1.54. The van der Waals surface area contributed by atoms with Gasteiger partial charge in [-0.2, -0.15) is 0 Å². The van der Waals surface area contributed by atoms with E-state index in [0.717, 1.165) is 12.8 Å². The summed E-state index contributed by atoms with van der Waals surface area (Å²) in [4.78, 5) is 39.1. The van der Waals surface area contributed by atoms with Gasteiger partial charge in [-0.1, -0.05) is 0 Å². The van der Waals surface area contributed by atoms with Gasteiger partial charge in [0.25, 0.3) is 5.91 Å². The van der Waals surface area contributed by atoms with Crippen molar-refractivity contribution >= 4 is 29.4 Å². The van der Waals surface area contributed by atoms with Gasteiger partial charge in [0, 0.05) is 32.2 Å². The fraction of sp³-hybridized carbons (Fsp3) is 0.500. The number of hydrogen-bond donors (Lipinski definition) is 2. The molecule has 1 unspecified atom stereocenters. The highest BCUT2D eigenvalue weighted by Gasteiger charge is 2.41. The third-order valence-corrected chi connectivity index (χ3v) is 5.35. The lowest BCUT2D eigenvalue weighted by Crippen LogP contribution is -2.38. The second-order valence-corrected chi connectivity index (χ2v) is 7.12. The summed E-state index contributed by atoms with van der Waals surface area (Å²) in [6, 6.07) is 5.01. The highest BCUT2D eigenvalue weighted by atomic mass is 16.6. The van der Waals surface area contributed by atoms with Crippen LogP contribution < -0.4 is 20.3 Å². The van der Waals surface area contributed by atoms with Crippen molar-refractivity contribution in [3.63, 3.8) is 0 Å². The molecule has 1 aromatic carbocycles. The largest absolute Gasteiger partial charge is 0.482 e. The Balaban J connectivity index is 1.42. The van der Waals surface area contributed by atoms with Crippen LogP contribution in [0.4, 0.5) is 21.0 Å². The van der Waals surface area contributed by atoms with Crippen molar-refractivity contribution in [3.05, 3.63) is 18.2 Å². The maximum Gasteiger partial charge on any atom is 0.407 e. The van der Waals surface area contributed by atoms with Gasteiger partial charge in [0.1, 0.15) is 11.4 Å². The van der Waals surface area contributed by atoms with E-state index in [4.69, 9.17) is 9.47 Å². The zero-order chi connectivity index (χ0) is 19.0. The molecule has 9 nitrogen and oxygen atoms in total. The van der Waals surface area contributed by atoms with Crippen LogP contribution >= 0.6 is 0 Å². The minimum absolute atomic E-state index is 0.0180. The summed E-state index contributed by atoms with van der Waals surface area (Å²) in [7, 11) is 1.68. The molecule has 9 heteroatoms. The topological polar surface area (TPSA) is 100 Å². The van der Waals surface area contributed by atoms with E-state index in [2.05, 4.69) is 10.6 Å². The molecule has 0 radical (unpaired) electrons. The molecule has 1 aromatic rings. The summed E-state index contributed by atoms with van der Waals surface area (Å²) in [5.41, 5.74) is 0.720. The number of ether oxygens (including phenoxy) is 2. The first kappa shape index (κ1) is 17.4. The van der Waals surface area contributed by atoms with Gasteiger partial charge in [0.05, 0.1) is 12.2 Å². The maximum atomic E-state index is 12.7. The van der Waals surface area contributed by atoms with Gasteiger partial charge < -0.3 is 29.9 Å². The molecule has 0 aromatic heterocycles. The summed E-state index contributed by atoms with van der Waals surface area (Å²) in [6.45, 7) is 1.61. The number of carbonyl (C=O) groups is 3. The molecule has 3 aliphatic rings. The number of rotatable bonds is 1. The number of alkyl carbamates (subject to hydrolysis) is 1. The third-order valence-electron chi connectivity index (χ3n) is 5.35. The minimum atomic E-state index is -0.502. The first-order valence-corrected chi connectivity index (χ1v) is 9.02. The lowest BCUT2D eigenvalue weighted by atomic mass is 9.95. The lowest BCUT2D eigenvalue weighted by molar-refractivity contribution is -0.120. The van der Waals surface area contributed by atoms with Crippen molar-refractivity contribution in [3.8, 4) is 5.75 Å². The SMILES string of the molecule is CN1C(=O)COc2ccc(NC(=O)N3CCCC4(CC3)CNC(=O)O4)cc21. The molecule has 4 amide bonds. The van der Waals surface area contributed by atoms with Crippen LogP contribution in [-0.2, 0) is 9.53 Å². The van der Waals surface area contributed by atoms with E-state index in [0.29, 0.717) is 43.2 Å². The number of fused-ring (bicyclic) bond motifs is 1. The number of amides is 4. The first-order valence-electron chi connectivity index (χ1n) is 9.02. The Hall–Kier alpha value is -2.97. The fourth-order valence-corrected chi connectivity index (χ4v) is 3.70. The Morgan fingerprint density at radius 1 is 1.26 bits per heavy atom. The van der Waals surface area contributed by atoms with Crippen LogP contribution in [0.5, 0.6) is 5.75 Å². The smallest absolute Gasteiger partial charge is 0.407 e. The Bertz CT molecular complexity index is 798. The zero-order valence-corrected chi connectivity index (χ0v) is 15.1. The number of likely N-dealkylation sites (tertiary alicyclic amines) is 1. The van der Waals surface area contributed by atoms with Crippen molar-refractivity contribution < 1.29 is 23.9 Å². The van der Waals surface area contributed by atoms with Gasteiger partial charge in [-0.05, 0) is 31.0 Å². The van der Waals surface area contributed by atoms with E-state index in [1.54, 1.807) is 30.1 Å². The summed E-state index contributed by atoms with van der Waals surface area (Å²) < 4.78 is 10.8. The predicted molar refractivity (Wildman–Crippen MR) is 97.0 cm³/mol. The van der Waals surface area contributed by atoms with Crippen LogP contribution in [0.25, 0.3) is 0 Å². The number of nitrogens with zero attached hydrogens (tertiary/aromatic N) is 2. The molecule has 0 bridgehead atoms. The van der Waals surface area contributed by atoms with Gasteiger partial charge in [0.15, 0.2) is 6.61 Å². The molecular weight excluding hydrogens is 352 g/mol. The van der Waals surface area contributed by atoms with Crippen LogP contribution in [0.2, 0.25) is 0 Å². The van der Waals surface area contributed by atoms with E-state index >= 15 is 0 Å². The molecule has 2 fully saturated rings. The molecule has 1 atom stereocenters. The van der Waals surface area contributed by atoms with Gasteiger partial charge >= 0.3 is 12.1 Å². The highest BCUT2D eigenvalue weighted by Crippen LogP contribution is 2.34. The maximum absolute atomic E-state index is 12.7. The molecule has 2 N–H and O–H groups in total. The van der Waals surface area contributed by atoms with Crippen molar-refractivity contribution in [1.29, 1.82) is 0 Å². The van der Waals surface area contributed by atoms with Crippen LogP contribution in [0.15, 0.2) is 18.2 Å². The molecule has 3 heterocycles. The Kier molecular flexibility index (Phi) is 4.29. The van der Waals surface area contributed by atoms with E-state index in [9.17, 15) is 14.4 Å². The molecule has 0 saturated carbocycles. The quantitative estimate of drug-likeness (QED) is 0.777. The van der Waals surface area contributed by atoms with Crippen LogP contribution in [-0.4, -0.2) is 61.8 Å². The Morgan fingerprint density at radius 2 is 2.11 bits per heavy atom. The Labute approximate surface area is 156 Å².